The number of aromatic hydroxyl groups is 1. The molecule has 0 atom stereocenters. The molecule has 0 aliphatic carbocycles. The fourth-order valence-corrected chi connectivity index (χ4v) is 9.74. The van der Waals surface area contributed by atoms with Crippen molar-refractivity contribution in [2.24, 2.45) is 0 Å². The minimum atomic E-state index is -0.350. The molecule has 0 radical (unpaired) electrons. The Morgan fingerprint density at radius 1 is 0.458 bits per heavy atom. The van der Waals surface area contributed by atoms with Crippen LogP contribution in [0, 0.1) is 13.0 Å². The predicted octanol–water partition coefficient (Wildman–Crippen LogP) is 17.8. The van der Waals surface area contributed by atoms with Crippen LogP contribution in [0.1, 0.15) is 84.6 Å². The molecular weight excluding hydrogens is 1060 g/mol. The van der Waals surface area contributed by atoms with E-state index in [4.69, 9.17) is 9.97 Å². The van der Waals surface area contributed by atoms with Gasteiger partial charge in [-0.2, -0.15) is 0 Å². The van der Waals surface area contributed by atoms with E-state index in [1.54, 1.807) is 0 Å². The fraction of sp³-hybridized carbons (Fsp3) is 0.194. The monoisotopic (exact) mass is 1120 g/mol. The number of phenols is 1. The SMILES string of the molecule is Cc1cc(-c2ccccc2)c(-n2c(-c3cc(C(C)(C)C)cc(C(C)(C)C)c3O)nc3c(-c4[c-]c(-c5cc(-c6ccc(-c7ccccc7)cc6)ccn5)cc(C(C)(C)C)c4)cccc32)cc1-c1ccccc1.[Pt]. The summed E-state index contributed by atoms with van der Waals surface area (Å²) < 4.78 is 2.30. The average molecular weight is 1120 g/mol. The van der Waals surface area contributed by atoms with E-state index in [1.165, 1.54) is 22.3 Å². The second-order valence-corrected chi connectivity index (χ2v) is 22.1. The number of hydrogen-bond donors (Lipinski definition) is 1. The van der Waals surface area contributed by atoms with Gasteiger partial charge in [0.2, 0.25) is 0 Å². The average Bonchev–Trinajstić information content (AvgIpc) is 3.75. The van der Waals surface area contributed by atoms with Gasteiger partial charge in [0, 0.05) is 44.1 Å². The number of nitrogens with zero attached hydrogens (tertiary/aromatic N) is 3. The molecule has 0 amide bonds. The summed E-state index contributed by atoms with van der Waals surface area (Å²) in [6.45, 7) is 22.2. The Balaban J connectivity index is 0.00000640. The number of rotatable bonds is 8. The van der Waals surface area contributed by atoms with Crippen LogP contribution in [0.4, 0.5) is 0 Å². The molecule has 5 heteroatoms. The van der Waals surface area contributed by atoms with Crippen molar-refractivity contribution in [2.45, 2.75) is 85.5 Å². The van der Waals surface area contributed by atoms with Crippen LogP contribution < -0.4 is 0 Å². The molecule has 0 fully saturated rings. The van der Waals surface area contributed by atoms with E-state index >= 15 is 0 Å². The van der Waals surface area contributed by atoms with Gasteiger partial charge in [-0.25, -0.2) is 4.98 Å². The summed E-state index contributed by atoms with van der Waals surface area (Å²) in [5.41, 5.74) is 19.6. The summed E-state index contributed by atoms with van der Waals surface area (Å²) in [6.07, 6.45) is 1.90. The third kappa shape index (κ3) is 9.78. The Morgan fingerprint density at radius 3 is 1.60 bits per heavy atom. The Morgan fingerprint density at radius 2 is 1.00 bits per heavy atom. The second-order valence-electron chi connectivity index (χ2n) is 22.1. The van der Waals surface area contributed by atoms with E-state index in [-0.39, 0.29) is 43.1 Å². The summed E-state index contributed by atoms with van der Waals surface area (Å²) in [5.74, 6) is 0.908. The smallest absolute Gasteiger partial charge is 0.148 e. The molecule has 0 saturated heterocycles. The number of benzene rings is 8. The van der Waals surface area contributed by atoms with Gasteiger partial charge in [-0.15, -0.1) is 29.3 Å². The van der Waals surface area contributed by atoms with Crippen molar-refractivity contribution in [3.8, 4) is 89.7 Å². The number of hydrogen-bond acceptors (Lipinski definition) is 3. The number of pyridine rings is 1. The minimum absolute atomic E-state index is 0. The molecule has 8 aromatic carbocycles. The predicted molar refractivity (Wildman–Crippen MR) is 298 cm³/mol. The minimum Gasteiger partial charge on any atom is -0.507 e. The van der Waals surface area contributed by atoms with Crippen LogP contribution in [0.5, 0.6) is 5.75 Å². The zero-order valence-electron chi connectivity index (χ0n) is 43.0. The van der Waals surface area contributed by atoms with E-state index in [1.807, 2.05) is 12.3 Å². The quantitative estimate of drug-likeness (QED) is 0.154. The van der Waals surface area contributed by atoms with Gasteiger partial charge >= 0.3 is 0 Å². The molecule has 72 heavy (non-hydrogen) atoms. The van der Waals surface area contributed by atoms with Crippen molar-refractivity contribution < 1.29 is 26.2 Å². The Labute approximate surface area is 440 Å². The number of phenolic OH excluding ortho intramolecular Hbond substituents is 1. The molecule has 10 rings (SSSR count). The number of fused-ring (bicyclic) bond motifs is 1. The van der Waals surface area contributed by atoms with Crippen LogP contribution in [0.15, 0.2) is 188 Å². The van der Waals surface area contributed by atoms with Crippen LogP contribution in [0.2, 0.25) is 0 Å². The number of aryl methyl sites for hydroxylation is 1. The van der Waals surface area contributed by atoms with Crippen LogP contribution in [0.25, 0.3) is 95.0 Å². The van der Waals surface area contributed by atoms with Crippen molar-refractivity contribution in [2.75, 3.05) is 0 Å². The van der Waals surface area contributed by atoms with Gasteiger partial charge < -0.3 is 5.11 Å². The first-order valence-electron chi connectivity index (χ1n) is 24.8. The molecule has 10 aromatic rings. The molecule has 2 heterocycles. The van der Waals surface area contributed by atoms with Gasteiger partial charge in [0.15, 0.2) is 0 Å². The summed E-state index contributed by atoms with van der Waals surface area (Å²) in [5, 5.41) is 12.7. The zero-order valence-corrected chi connectivity index (χ0v) is 45.3. The van der Waals surface area contributed by atoms with Gasteiger partial charge in [0.1, 0.15) is 11.6 Å². The van der Waals surface area contributed by atoms with Gasteiger partial charge in [0.05, 0.1) is 22.3 Å². The van der Waals surface area contributed by atoms with Gasteiger partial charge in [-0.05, 0) is 104 Å². The maximum atomic E-state index is 12.7. The normalized spacial score (nSPS) is 12.0. The topological polar surface area (TPSA) is 50.9 Å². The maximum Gasteiger partial charge on any atom is 0.148 e. The van der Waals surface area contributed by atoms with Crippen molar-refractivity contribution in [1.29, 1.82) is 0 Å². The fourth-order valence-electron chi connectivity index (χ4n) is 9.74. The Bertz CT molecular complexity index is 3570. The zero-order chi connectivity index (χ0) is 49.8. The molecule has 0 aliphatic rings. The molecule has 0 saturated carbocycles. The van der Waals surface area contributed by atoms with E-state index in [9.17, 15) is 5.11 Å². The Kier molecular flexibility index (Phi) is 13.5. The van der Waals surface area contributed by atoms with Crippen LogP contribution in [0.3, 0.4) is 0 Å². The first-order valence-corrected chi connectivity index (χ1v) is 24.8. The molecule has 0 unspecified atom stereocenters. The standard InChI is InChI=1S/C67H62N3O.Pt/c1-43-35-56(48-25-18-13-19-26-48)61(42-55(43)47-23-16-12-17-24-47)70-60-28-20-27-54(62(60)69-64(70)57-40-53(66(5,6)7)41-58(63(57)71)67(8,9)10)50-36-51(38-52(37-50)65(2,3)4)59-39-49(33-34-68-59)46-31-29-45(30-32-46)44-21-14-11-15-22-44;/h11-35,37-42,71H,1-10H3;/q-1;. The summed E-state index contributed by atoms with van der Waals surface area (Å²) in [4.78, 5) is 10.7. The first-order chi connectivity index (χ1) is 33.9. The van der Waals surface area contributed by atoms with Crippen molar-refractivity contribution in [1.82, 2.24) is 14.5 Å². The summed E-state index contributed by atoms with van der Waals surface area (Å²) in [7, 11) is 0. The van der Waals surface area contributed by atoms with E-state index in [0.717, 1.165) is 83.6 Å². The van der Waals surface area contributed by atoms with Crippen LogP contribution in [-0.2, 0) is 37.3 Å². The van der Waals surface area contributed by atoms with Crippen molar-refractivity contribution >= 4 is 11.0 Å². The summed E-state index contributed by atoms with van der Waals surface area (Å²) in [6, 6.07) is 68.6. The maximum absolute atomic E-state index is 12.7. The van der Waals surface area contributed by atoms with Crippen LogP contribution >= 0.6 is 0 Å². The third-order valence-electron chi connectivity index (χ3n) is 13.8. The van der Waals surface area contributed by atoms with Crippen molar-refractivity contribution in [3.63, 3.8) is 0 Å². The van der Waals surface area contributed by atoms with E-state index in [0.29, 0.717) is 11.4 Å². The molecule has 362 valence electrons. The number of para-hydroxylation sites is 1. The third-order valence-corrected chi connectivity index (χ3v) is 13.8. The molecule has 2 aromatic heterocycles. The molecule has 0 aliphatic heterocycles. The van der Waals surface area contributed by atoms with E-state index in [2.05, 4.69) is 256 Å². The first kappa shape index (κ1) is 49.8. The van der Waals surface area contributed by atoms with E-state index < -0.39 is 0 Å². The second kappa shape index (κ2) is 19.5. The number of aromatic nitrogens is 3. The van der Waals surface area contributed by atoms with Gasteiger partial charge in [-0.1, -0.05) is 213 Å². The molecular formula is C67H62N3OPt-. The summed E-state index contributed by atoms with van der Waals surface area (Å²) >= 11 is 0. The largest absolute Gasteiger partial charge is 0.507 e. The molecule has 4 nitrogen and oxygen atoms in total. The molecule has 0 spiro atoms. The van der Waals surface area contributed by atoms with Gasteiger partial charge in [0.25, 0.3) is 0 Å². The van der Waals surface area contributed by atoms with Crippen LogP contribution in [-0.4, -0.2) is 19.6 Å². The van der Waals surface area contributed by atoms with Crippen molar-refractivity contribution in [3.05, 3.63) is 217 Å². The Hall–Kier alpha value is -7.13. The molecule has 1 N–H and O–H groups in total. The van der Waals surface area contributed by atoms with Gasteiger partial charge in [-0.3, -0.25) is 9.55 Å². The number of imidazole rings is 1. The molecule has 0 bridgehead atoms.